The Morgan fingerprint density at radius 1 is 1.16 bits per heavy atom. The van der Waals surface area contributed by atoms with Crippen LogP contribution in [0.1, 0.15) is 0 Å². The average Bonchev–Trinajstić information content (AvgIpc) is 2.80. The largest absolute Gasteiger partial charge is 0.224 e. The molecule has 1 aromatic carbocycles. The first kappa shape index (κ1) is 12.8. The summed E-state index contributed by atoms with van der Waals surface area (Å²) in [6.45, 7) is 0. The summed E-state index contributed by atoms with van der Waals surface area (Å²) >= 11 is 8.36. The van der Waals surface area contributed by atoms with Crippen molar-refractivity contribution in [2.24, 2.45) is 0 Å². The maximum absolute atomic E-state index is 13.6. The molecule has 0 aliphatic carbocycles. The number of fused-ring (bicyclic) bond motifs is 1. The number of halogens is 3. The highest BCUT2D eigenvalue weighted by Crippen LogP contribution is 2.35. The number of benzene rings is 1. The number of hydrogen-bond acceptors (Lipinski definition) is 4. The van der Waals surface area contributed by atoms with Crippen molar-refractivity contribution in [1.82, 2.24) is 9.97 Å². The van der Waals surface area contributed by atoms with Crippen LogP contribution in [0.5, 0.6) is 0 Å². The minimum absolute atomic E-state index is 0.111. The van der Waals surface area contributed by atoms with E-state index in [0.717, 1.165) is 28.0 Å². The molecule has 3 rings (SSSR count). The number of hydrogen-bond donors (Lipinski definition) is 0. The van der Waals surface area contributed by atoms with Crippen molar-refractivity contribution >= 4 is 44.9 Å². The summed E-state index contributed by atoms with van der Waals surface area (Å²) in [7, 11) is 0. The second-order valence-corrected chi connectivity index (χ2v) is 5.88. The summed E-state index contributed by atoms with van der Waals surface area (Å²) in [5, 5.41) is 3.34. The van der Waals surface area contributed by atoms with Crippen LogP contribution in [-0.2, 0) is 0 Å². The van der Waals surface area contributed by atoms with Gasteiger partial charge >= 0.3 is 0 Å². The first-order valence-electron chi connectivity index (χ1n) is 5.17. The third-order valence-electron chi connectivity index (χ3n) is 2.36. The highest BCUT2D eigenvalue weighted by molar-refractivity contribution is 7.99. The van der Waals surface area contributed by atoms with E-state index in [1.54, 1.807) is 0 Å². The van der Waals surface area contributed by atoms with Gasteiger partial charge in [0.15, 0.2) is 0 Å². The monoisotopic (exact) mass is 314 g/mol. The highest BCUT2D eigenvalue weighted by Gasteiger charge is 2.12. The molecule has 0 amide bonds. The summed E-state index contributed by atoms with van der Waals surface area (Å²) in [5.41, 5.74) is 0. The van der Waals surface area contributed by atoms with E-state index in [4.69, 9.17) is 11.6 Å². The van der Waals surface area contributed by atoms with Crippen LogP contribution in [0.4, 0.5) is 8.78 Å². The molecular weight excluding hydrogens is 310 g/mol. The summed E-state index contributed by atoms with van der Waals surface area (Å²) in [6.07, 6.45) is 0. The molecule has 0 fully saturated rings. The smallest absolute Gasteiger partial charge is 0.210 e. The molecule has 0 unspecified atom stereocenters. The van der Waals surface area contributed by atoms with Crippen LogP contribution < -0.4 is 0 Å². The summed E-state index contributed by atoms with van der Waals surface area (Å²) in [4.78, 5) is 9.21. The first-order valence-corrected chi connectivity index (χ1v) is 7.24. The Bertz CT molecular complexity index is 761. The fourth-order valence-corrected chi connectivity index (χ4v) is 3.55. The van der Waals surface area contributed by atoms with Crippen LogP contribution in [-0.4, -0.2) is 9.97 Å². The lowest BCUT2D eigenvalue weighted by atomic mass is 10.3. The normalized spacial score (nSPS) is 11.1. The molecule has 0 radical (unpaired) electrons. The van der Waals surface area contributed by atoms with Gasteiger partial charge in [0, 0.05) is 16.3 Å². The van der Waals surface area contributed by atoms with Crippen LogP contribution in [0.25, 0.3) is 10.2 Å². The number of nitrogens with zero attached hydrogens (tertiary/aromatic N) is 2. The van der Waals surface area contributed by atoms with Crippen molar-refractivity contribution in [2.75, 3.05) is 0 Å². The Morgan fingerprint density at radius 3 is 2.79 bits per heavy atom. The van der Waals surface area contributed by atoms with Crippen molar-refractivity contribution in [3.63, 3.8) is 0 Å². The summed E-state index contributed by atoms with van der Waals surface area (Å²) < 4.78 is 26.5. The van der Waals surface area contributed by atoms with Crippen LogP contribution in [0, 0.1) is 11.6 Å². The van der Waals surface area contributed by atoms with E-state index in [2.05, 4.69) is 9.97 Å². The zero-order chi connectivity index (χ0) is 13.4. The lowest BCUT2D eigenvalue weighted by molar-refractivity contribution is 0.565. The molecular formula is C12H5ClF2N2S2. The summed E-state index contributed by atoms with van der Waals surface area (Å²) in [6, 6.07) is 5.28. The molecule has 7 heteroatoms. The molecule has 0 saturated heterocycles. The minimum Gasteiger partial charge on any atom is -0.210 e. The van der Waals surface area contributed by atoms with Gasteiger partial charge in [-0.25, -0.2) is 18.7 Å². The van der Waals surface area contributed by atoms with Gasteiger partial charge in [-0.1, -0.05) is 11.8 Å². The van der Waals surface area contributed by atoms with E-state index in [0.29, 0.717) is 9.92 Å². The van der Waals surface area contributed by atoms with Crippen molar-refractivity contribution in [2.45, 2.75) is 9.92 Å². The van der Waals surface area contributed by atoms with Crippen LogP contribution >= 0.6 is 34.7 Å². The molecule has 3 aromatic rings. The SMILES string of the molecule is Fc1ccc(Sc2nc(Cl)nc3sccc23)c(F)c1. The Morgan fingerprint density at radius 2 is 2.00 bits per heavy atom. The first-order chi connectivity index (χ1) is 9.13. The molecule has 0 bridgehead atoms. The third-order valence-corrected chi connectivity index (χ3v) is 4.39. The van der Waals surface area contributed by atoms with Gasteiger partial charge < -0.3 is 0 Å². The van der Waals surface area contributed by atoms with Gasteiger partial charge in [0.25, 0.3) is 0 Å². The molecule has 96 valence electrons. The van der Waals surface area contributed by atoms with Crippen LogP contribution in [0.3, 0.4) is 0 Å². The van der Waals surface area contributed by atoms with Gasteiger partial charge in [-0.2, -0.15) is 0 Å². The molecule has 2 heterocycles. The lowest BCUT2D eigenvalue weighted by Crippen LogP contribution is -1.88. The van der Waals surface area contributed by atoms with E-state index >= 15 is 0 Å². The van der Waals surface area contributed by atoms with Crippen molar-refractivity contribution in [3.8, 4) is 0 Å². The predicted octanol–water partition coefficient (Wildman–Crippen LogP) is 4.77. The highest BCUT2D eigenvalue weighted by atomic mass is 35.5. The lowest BCUT2D eigenvalue weighted by Gasteiger charge is -2.04. The van der Waals surface area contributed by atoms with E-state index in [-0.39, 0.29) is 5.28 Å². The molecule has 19 heavy (non-hydrogen) atoms. The molecule has 0 spiro atoms. The maximum atomic E-state index is 13.6. The molecule has 2 aromatic heterocycles. The number of rotatable bonds is 2. The molecule has 0 aliphatic rings. The van der Waals surface area contributed by atoms with Crippen LogP contribution in [0.15, 0.2) is 39.6 Å². The van der Waals surface area contributed by atoms with Crippen molar-refractivity contribution < 1.29 is 8.78 Å². The standard InChI is InChI=1S/C12H5ClF2N2S2/c13-12-16-10-7(3-4-18-10)11(17-12)19-9-2-1-6(14)5-8(9)15/h1-5H. The quantitative estimate of drug-likeness (QED) is 0.503. The molecule has 2 nitrogen and oxygen atoms in total. The Labute approximate surface area is 120 Å². The van der Waals surface area contributed by atoms with Gasteiger partial charge in [0.05, 0.1) is 0 Å². The zero-order valence-corrected chi connectivity index (χ0v) is 11.6. The van der Waals surface area contributed by atoms with Gasteiger partial charge in [-0.05, 0) is 35.2 Å². The second kappa shape index (κ2) is 5.03. The van der Waals surface area contributed by atoms with E-state index in [1.807, 2.05) is 11.4 Å². The zero-order valence-electron chi connectivity index (χ0n) is 9.23. The fourth-order valence-electron chi connectivity index (χ4n) is 1.54. The number of thiophene rings is 1. The fraction of sp³-hybridized carbons (Fsp3) is 0. The van der Waals surface area contributed by atoms with Crippen molar-refractivity contribution in [1.29, 1.82) is 0 Å². The van der Waals surface area contributed by atoms with Crippen LogP contribution in [0.2, 0.25) is 5.28 Å². The van der Waals surface area contributed by atoms with Crippen molar-refractivity contribution in [3.05, 3.63) is 46.6 Å². The van der Waals surface area contributed by atoms with E-state index in [9.17, 15) is 8.78 Å². The van der Waals surface area contributed by atoms with E-state index in [1.165, 1.54) is 23.5 Å². The van der Waals surface area contributed by atoms with E-state index < -0.39 is 11.6 Å². The topological polar surface area (TPSA) is 25.8 Å². The molecule has 0 atom stereocenters. The Kier molecular flexibility index (Phi) is 3.38. The van der Waals surface area contributed by atoms with Gasteiger partial charge in [-0.15, -0.1) is 11.3 Å². The Balaban J connectivity index is 2.07. The third kappa shape index (κ3) is 2.56. The molecule has 0 saturated carbocycles. The minimum atomic E-state index is -0.622. The van der Waals surface area contributed by atoms with Gasteiger partial charge in [-0.3, -0.25) is 0 Å². The summed E-state index contributed by atoms with van der Waals surface area (Å²) in [5.74, 6) is -1.23. The molecule has 0 N–H and O–H groups in total. The molecule has 0 aliphatic heterocycles. The van der Waals surface area contributed by atoms with Gasteiger partial charge in [0.2, 0.25) is 5.28 Å². The Hall–Kier alpha value is -1.24. The predicted molar refractivity (Wildman–Crippen MR) is 72.9 cm³/mol. The van der Waals surface area contributed by atoms with Gasteiger partial charge in [0.1, 0.15) is 21.5 Å². The maximum Gasteiger partial charge on any atom is 0.224 e. The number of aromatic nitrogens is 2. The average molecular weight is 315 g/mol. The second-order valence-electron chi connectivity index (χ2n) is 3.61.